The fourth-order valence-corrected chi connectivity index (χ4v) is 3.00. The summed E-state index contributed by atoms with van der Waals surface area (Å²) >= 11 is 3.38. The molecule has 0 unspecified atom stereocenters. The number of benzene rings is 2. The summed E-state index contributed by atoms with van der Waals surface area (Å²) in [5, 5.41) is 6.84. The summed E-state index contributed by atoms with van der Waals surface area (Å²) in [6, 6.07) is 13.2. The first-order valence-electron chi connectivity index (χ1n) is 8.97. The van der Waals surface area contributed by atoms with Crippen molar-refractivity contribution in [3.63, 3.8) is 0 Å². The summed E-state index contributed by atoms with van der Waals surface area (Å²) < 4.78 is 6.44. The standard InChI is InChI=1S/C21H24BrN3O3/c1-4-16-7-5-6-8-18(16)23-20(26)12-15(3)24-25-21(27)13-28-19-10-9-17(22)11-14(19)2/h5-11H,4,12-13H2,1-3H3,(H,23,26)(H,25,27). The Morgan fingerprint density at radius 1 is 1.14 bits per heavy atom. The molecule has 0 aromatic heterocycles. The summed E-state index contributed by atoms with van der Waals surface area (Å²) in [5.74, 6) is 0.0598. The van der Waals surface area contributed by atoms with Crippen molar-refractivity contribution in [3.8, 4) is 5.75 Å². The molecule has 0 saturated carbocycles. The van der Waals surface area contributed by atoms with Crippen LogP contribution in [0.5, 0.6) is 5.75 Å². The molecule has 0 atom stereocenters. The number of nitrogens with one attached hydrogen (secondary N) is 2. The highest BCUT2D eigenvalue weighted by atomic mass is 79.9. The second kappa shape index (κ2) is 10.6. The molecule has 2 amide bonds. The molecule has 28 heavy (non-hydrogen) atoms. The van der Waals surface area contributed by atoms with Gasteiger partial charge in [0.25, 0.3) is 5.91 Å². The molecule has 0 radical (unpaired) electrons. The minimum atomic E-state index is -0.390. The van der Waals surface area contributed by atoms with Crippen molar-refractivity contribution in [1.29, 1.82) is 0 Å². The van der Waals surface area contributed by atoms with Crippen LogP contribution in [0.4, 0.5) is 5.69 Å². The van der Waals surface area contributed by atoms with Gasteiger partial charge in [0.15, 0.2) is 6.61 Å². The molecule has 0 aliphatic rings. The summed E-state index contributed by atoms with van der Waals surface area (Å²) in [7, 11) is 0. The van der Waals surface area contributed by atoms with Crippen LogP contribution in [-0.2, 0) is 16.0 Å². The average molecular weight is 446 g/mol. The maximum atomic E-state index is 12.2. The fourth-order valence-electron chi connectivity index (χ4n) is 2.52. The van der Waals surface area contributed by atoms with E-state index in [4.69, 9.17) is 4.74 Å². The van der Waals surface area contributed by atoms with E-state index in [-0.39, 0.29) is 18.9 Å². The van der Waals surface area contributed by atoms with Crippen LogP contribution in [0.1, 0.15) is 31.4 Å². The molecule has 0 spiro atoms. The molecule has 0 bridgehead atoms. The van der Waals surface area contributed by atoms with Crippen LogP contribution < -0.4 is 15.5 Å². The van der Waals surface area contributed by atoms with Crippen LogP contribution in [0, 0.1) is 6.92 Å². The van der Waals surface area contributed by atoms with Crippen LogP contribution in [-0.4, -0.2) is 24.1 Å². The molecule has 0 fully saturated rings. The minimum absolute atomic E-state index is 0.0883. The summed E-state index contributed by atoms with van der Waals surface area (Å²) in [6.07, 6.45) is 0.919. The Kier molecular flexibility index (Phi) is 8.19. The lowest BCUT2D eigenvalue weighted by Gasteiger charge is -2.10. The molecule has 2 aromatic rings. The zero-order valence-corrected chi connectivity index (χ0v) is 17.8. The van der Waals surface area contributed by atoms with Gasteiger partial charge in [-0.2, -0.15) is 5.10 Å². The number of hydrogen-bond donors (Lipinski definition) is 2. The topological polar surface area (TPSA) is 79.8 Å². The van der Waals surface area contributed by atoms with Crippen molar-refractivity contribution in [3.05, 3.63) is 58.1 Å². The van der Waals surface area contributed by atoms with Crippen LogP contribution in [0.25, 0.3) is 0 Å². The predicted octanol–water partition coefficient (Wildman–Crippen LogP) is 4.22. The Balaban J connectivity index is 1.81. The van der Waals surface area contributed by atoms with Crippen molar-refractivity contribution < 1.29 is 14.3 Å². The van der Waals surface area contributed by atoms with E-state index >= 15 is 0 Å². The number of amides is 2. The van der Waals surface area contributed by atoms with E-state index in [1.165, 1.54) is 0 Å². The Morgan fingerprint density at radius 2 is 1.89 bits per heavy atom. The summed E-state index contributed by atoms with van der Waals surface area (Å²) in [4.78, 5) is 24.1. The zero-order chi connectivity index (χ0) is 20.5. The van der Waals surface area contributed by atoms with E-state index in [0.29, 0.717) is 11.5 Å². The van der Waals surface area contributed by atoms with E-state index in [9.17, 15) is 9.59 Å². The normalized spacial score (nSPS) is 11.1. The monoisotopic (exact) mass is 445 g/mol. The van der Waals surface area contributed by atoms with Gasteiger partial charge in [-0.25, -0.2) is 5.43 Å². The van der Waals surface area contributed by atoms with Gasteiger partial charge in [-0.15, -0.1) is 0 Å². The fraction of sp³-hybridized carbons (Fsp3) is 0.286. The van der Waals surface area contributed by atoms with Crippen LogP contribution in [0.2, 0.25) is 0 Å². The molecule has 0 heterocycles. The van der Waals surface area contributed by atoms with E-state index in [2.05, 4.69) is 31.8 Å². The number of carbonyl (C=O) groups is 2. The highest BCUT2D eigenvalue weighted by Crippen LogP contribution is 2.22. The molecule has 2 rings (SSSR count). The number of aryl methyl sites for hydroxylation is 2. The number of hydrazone groups is 1. The number of anilines is 1. The SMILES string of the molecule is CCc1ccccc1NC(=O)CC(C)=NNC(=O)COc1ccc(Br)cc1C. The third kappa shape index (κ3) is 6.81. The second-order valence-electron chi connectivity index (χ2n) is 6.32. The Labute approximate surface area is 173 Å². The second-order valence-corrected chi connectivity index (χ2v) is 7.23. The molecule has 0 aliphatic carbocycles. The largest absolute Gasteiger partial charge is 0.483 e. The molecular formula is C21H24BrN3O3. The van der Waals surface area contributed by atoms with Crippen molar-refractivity contribution in [2.75, 3.05) is 11.9 Å². The van der Waals surface area contributed by atoms with E-state index in [0.717, 1.165) is 27.7 Å². The van der Waals surface area contributed by atoms with Gasteiger partial charge in [0.05, 0.1) is 6.42 Å². The molecule has 6 nitrogen and oxygen atoms in total. The van der Waals surface area contributed by atoms with Crippen molar-refractivity contribution in [1.82, 2.24) is 5.43 Å². The molecule has 2 aromatic carbocycles. The molecule has 0 aliphatic heterocycles. The Bertz CT molecular complexity index is 881. The van der Waals surface area contributed by atoms with Gasteiger partial charge >= 0.3 is 0 Å². The highest BCUT2D eigenvalue weighted by molar-refractivity contribution is 9.10. The van der Waals surface area contributed by atoms with Crippen LogP contribution >= 0.6 is 15.9 Å². The number of nitrogens with zero attached hydrogens (tertiary/aromatic N) is 1. The Hall–Kier alpha value is -2.67. The van der Waals surface area contributed by atoms with Gasteiger partial charge in [-0.1, -0.05) is 41.1 Å². The van der Waals surface area contributed by atoms with E-state index in [1.54, 1.807) is 13.0 Å². The summed E-state index contributed by atoms with van der Waals surface area (Å²) in [5.41, 5.74) is 5.70. The average Bonchev–Trinajstić information content (AvgIpc) is 2.66. The lowest BCUT2D eigenvalue weighted by molar-refractivity contribution is -0.123. The lowest BCUT2D eigenvalue weighted by atomic mass is 10.1. The van der Waals surface area contributed by atoms with Crippen molar-refractivity contribution in [2.45, 2.75) is 33.6 Å². The van der Waals surface area contributed by atoms with Crippen LogP contribution in [0.3, 0.4) is 0 Å². The van der Waals surface area contributed by atoms with Gasteiger partial charge in [0.1, 0.15) is 5.75 Å². The number of ether oxygens (including phenoxy) is 1. The highest BCUT2D eigenvalue weighted by Gasteiger charge is 2.08. The maximum Gasteiger partial charge on any atom is 0.277 e. The number of rotatable bonds is 8. The Morgan fingerprint density at radius 3 is 2.61 bits per heavy atom. The van der Waals surface area contributed by atoms with Crippen LogP contribution in [0.15, 0.2) is 52.0 Å². The van der Waals surface area contributed by atoms with Gasteiger partial charge in [-0.3, -0.25) is 9.59 Å². The summed E-state index contributed by atoms with van der Waals surface area (Å²) in [6.45, 7) is 5.46. The number of para-hydroxylation sites is 1. The zero-order valence-electron chi connectivity index (χ0n) is 16.2. The van der Waals surface area contributed by atoms with Crippen molar-refractivity contribution in [2.24, 2.45) is 5.10 Å². The lowest BCUT2D eigenvalue weighted by Crippen LogP contribution is -2.26. The van der Waals surface area contributed by atoms with Gasteiger partial charge in [0, 0.05) is 15.9 Å². The number of carbonyl (C=O) groups excluding carboxylic acids is 2. The number of hydrogen-bond acceptors (Lipinski definition) is 4. The molecule has 7 heteroatoms. The molecule has 2 N–H and O–H groups in total. The van der Waals surface area contributed by atoms with Gasteiger partial charge < -0.3 is 10.1 Å². The van der Waals surface area contributed by atoms with Crippen molar-refractivity contribution >= 4 is 39.1 Å². The molecular weight excluding hydrogens is 422 g/mol. The minimum Gasteiger partial charge on any atom is -0.483 e. The number of halogens is 1. The maximum absolute atomic E-state index is 12.2. The third-order valence-electron chi connectivity index (χ3n) is 3.96. The predicted molar refractivity (Wildman–Crippen MR) is 115 cm³/mol. The van der Waals surface area contributed by atoms with E-state index in [1.807, 2.05) is 50.2 Å². The van der Waals surface area contributed by atoms with Gasteiger partial charge in [-0.05, 0) is 55.7 Å². The van der Waals surface area contributed by atoms with E-state index < -0.39 is 5.91 Å². The van der Waals surface area contributed by atoms with Gasteiger partial charge in [0.2, 0.25) is 5.91 Å². The first kappa shape index (κ1) is 21.6. The first-order chi connectivity index (χ1) is 13.4. The smallest absolute Gasteiger partial charge is 0.277 e. The quantitative estimate of drug-likeness (QED) is 0.471. The molecule has 0 saturated heterocycles. The molecule has 148 valence electrons. The first-order valence-corrected chi connectivity index (χ1v) is 9.77. The third-order valence-corrected chi connectivity index (χ3v) is 4.45.